The van der Waals surface area contributed by atoms with Crippen molar-refractivity contribution in [3.05, 3.63) is 104 Å². The maximum Gasteiger partial charge on any atom is 0.335 e. The molecule has 4 amide bonds. The Morgan fingerprint density at radius 3 is 2.37 bits per heavy atom. The number of nitro groups is 1. The van der Waals surface area contributed by atoms with Gasteiger partial charge in [0.15, 0.2) is 0 Å². The first kappa shape index (κ1) is 23.6. The van der Waals surface area contributed by atoms with Gasteiger partial charge in [-0.25, -0.2) is 14.1 Å². The number of amides is 4. The largest absolute Gasteiger partial charge is 0.488 e. The molecule has 0 saturated carbocycles. The molecule has 0 unspecified atom stereocenters. The molecule has 1 saturated heterocycles. The smallest absolute Gasteiger partial charge is 0.335 e. The van der Waals surface area contributed by atoms with Crippen molar-refractivity contribution in [2.45, 2.75) is 6.61 Å². The molecule has 0 spiro atoms. The van der Waals surface area contributed by atoms with Crippen molar-refractivity contribution in [2.24, 2.45) is 0 Å². The number of hydrogen-bond acceptors (Lipinski definition) is 6. The van der Waals surface area contributed by atoms with Crippen molar-refractivity contribution in [3.63, 3.8) is 0 Å². The fourth-order valence-corrected chi connectivity index (χ4v) is 3.46. The quantitative estimate of drug-likeness (QED) is 0.230. The lowest BCUT2D eigenvalue weighted by Crippen LogP contribution is -2.54. The van der Waals surface area contributed by atoms with E-state index in [0.717, 1.165) is 12.1 Å². The molecule has 1 aliphatic rings. The number of urea groups is 1. The molecule has 1 aliphatic heterocycles. The summed E-state index contributed by atoms with van der Waals surface area (Å²) in [5, 5.41) is 13.3. The molecule has 11 heteroatoms. The van der Waals surface area contributed by atoms with Gasteiger partial charge >= 0.3 is 6.03 Å². The number of non-ortho nitro benzene ring substituents is 1. The Kier molecular flexibility index (Phi) is 6.56. The number of benzene rings is 3. The fourth-order valence-electron chi connectivity index (χ4n) is 3.28. The van der Waals surface area contributed by atoms with E-state index >= 15 is 0 Å². The van der Waals surface area contributed by atoms with Crippen molar-refractivity contribution in [3.8, 4) is 5.75 Å². The highest BCUT2D eigenvalue weighted by molar-refractivity contribution is 6.39. The molecule has 176 valence electrons. The predicted molar refractivity (Wildman–Crippen MR) is 124 cm³/mol. The van der Waals surface area contributed by atoms with Gasteiger partial charge in [0.05, 0.1) is 10.6 Å². The average Bonchev–Trinajstić information content (AvgIpc) is 2.82. The van der Waals surface area contributed by atoms with Gasteiger partial charge in [0.1, 0.15) is 23.7 Å². The number of halogens is 2. The number of hydrogen-bond donors (Lipinski definition) is 1. The number of nitrogens with zero attached hydrogens (tertiary/aromatic N) is 2. The molecule has 1 N–H and O–H groups in total. The van der Waals surface area contributed by atoms with Crippen LogP contribution < -0.4 is 15.0 Å². The van der Waals surface area contributed by atoms with E-state index in [1.807, 2.05) is 0 Å². The molecule has 35 heavy (non-hydrogen) atoms. The van der Waals surface area contributed by atoms with Gasteiger partial charge in [-0.2, -0.15) is 0 Å². The van der Waals surface area contributed by atoms with Gasteiger partial charge in [0.2, 0.25) is 0 Å². The zero-order chi connectivity index (χ0) is 25.1. The van der Waals surface area contributed by atoms with Crippen molar-refractivity contribution in [1.82, 2.24) is 5.32 Å². The van der Waals surface area contributed by atoms with Gasteiger partial charge in [-0.05, 0) is 54.1 Å². The number of imide groups is 2. The third kappa shape index (κ3) is 5.17. The highest BCUT2D eigenvalue weighted by Crippen LogP contribution is 2.29. The van der Waals surface area contributed by atoms with Crippen LogP contribution in [0.3, 0.4) is 0 Å². The van der Waals surface area contributed by atoms with Crippen LogP contribution in [0.25, 0.3) is 6.08 Å². The summed E-state index contributed by atoms with van der Waals surface area (Å²) in [6, 6.07) is 14.0. The van der Waals surface area contributed by atoms with Crippen LogP contribution in [0.4, 0.5) is 20.6 Å². The molecule has 0 radical (unpaired) electrons. The number of barbiturate groups is 1. The molecule has 0 aliphatic carbocycles. The zero-order valence-electron chi connectivity index (χ0n) is 17.7. The first-order valence-corrected chi connectivity index (χ1v) is 10.4. The second-order valence-corrected chi connectivity index (χ2v) is 7.77. The summed E-state index contributed by atoms with van der Waals surface area (Å²) in [5.74, 6) is -1.97. The number of nitro benzene ring substituents is 1. The van der Waals surface area contributed by atoms with Gasteiger partial charge in [-0.15, -0.1) is 0 Å². The topological polar surface area (TPSA) is 119 Å². The van der Waals surface area contributed by atoms with Gasteiger partial charge in [-0.1, -0.05) is 23.7 Å². The highest BCUT2D eigenvalue weighted by Gasteiger charge is 2.37. The van der Waals surface area contributed by atoms with Crippen LogP contribution in [-0.2, 0) is 16.2 Å². The standard InChI is InChI=1S/C24H15ClFN3O6/c25-16-3-10-21(35-13-14-1-4-17(26)5-2-14)15(11-16)12-20-22(30)27-24(32)28(23(20)31)18-6-8-19(9-7-18)29(33)34/h1-12H,13H2,(H,27,30,32). The second kappa shape index (κ2) is 9.74. The number of rotatable bonds is 6. The van der Waals surface area contributed by atoms with Gasteiger partial charge in [0, 0.05) is 22.7 Å². The molecule has 9 nitrogen and oxygen atoms in total. The number of nitrogens with one attached hydrogen (secondary N) is 1. The van der Waals surface area contributed by atoms with Crippen molar-refractivity contribution in [2.75, 3.05) is 4.90 Å². The SMILES string of the molecule is O=C1NC(=O)N(c2ccc([N+](=O)[O-])cc2)C(=O)C1=Cc1cc(Cl)ccc1OCc1ccc(F)cc1. The van der Waals surface area contributed by atoms with Gasteiger partial charge in [0.25, 0.3) is 17.5 Å². The first-order chi connectivity index (χ1) is 16.7. The lowest BCUT2D eigenvalue weighted by Gasteiger charge is -2.26. The number of carbonyl (C=O) groups is 3. The molecule has 0 aromatic heterocycles. The van der Waals surface area contributed by atoms with E-state index in [0.29, 0.717) is 15.5 Å². The lowest BCUT2D eigenvalue weighted by molar-refractivity contribution is -0.384. The van der Waals surface area contributed by atoms with Crippen LogP contribution in [0.2, 0.25) is 5.02 Å². The highest BCUT2D eigenvalue weighted by atomic mass is 35.5. The maximum absolute atomic E-state index is 13.1. The van der Waals surface area contributed by atoms with Gasteiger partial charge in [-0.3, -0.25) is 25.0 Å². The Bertz CT molecular complexity index is 1370. The zero-order valence-corrected chi connectivity index (χ0v) is 18.5. The Hall–Kier alpha value is -4.57. The van der Waals surface area contributed by atoms with E-state index in [1.165, 1.54) is 36.4 Å². The molecule has 3 aromatic carbocycles. The summed E-state index contributed by atoms with van der Waals surface area (Å²) in [7, 11) is 0. The number of carbonyl (C=O) groups excluding carboxylic acids is 3. The molecule has 4 rings (SSSR count). The summed E-state index contributed by atoms with van der Waals surface area (Å²) in [6.07, 6.45) is 1.23. The van der Waals surface area contributed by atoms with Gasteiger partial charge < -0.3 is 4.74 Å². The third-order valence-electron chi connectivity index (χ3n) is 5.00. The monoisotopic (exact) mass is 495 g/mol. The normalized spacial score (nSPS) is 14.7. The van der Waals surface area contributed by atoms with Crippen LogP contribution in [-0.4, -0.2) is 22.8 Å². The lowest BCUT2D eigenvalue weighted by atomic mass is 10.1. The van der Waals surface area contributed by atoms with Crippen LogP contribution in [0, 0.1) is 15.9 Å². The Labute approximate surface area is 202 Å². The summed E-state index contributed by atoms with van der Waals surface area (Å²) < 4.78 is 18.9. The van der Waals surface area contributed by atoms with Crippen molar-refractivity contribution in [1.29, 1.82) is 0 Å². The van der Waals surface area contributed by atoms with E-state index in [2.05, 4.69) is 5.32 Å². The summed E-state index contributed by atoms with van der Waals surface area (Å²) in [4.78, 5) is 48.9. The Morgan fingerprint density at radius 1 is 1.03 bits per heavy atom. The van der Waals surface area contributed by atoms with Crippen LogP contribution in [0.5, 0.6) is 5.75 Å². The minimum absolute atomic E-state index is 0.0374. The van der Waals surface area contributed by atoms with Crippen LogP contribution in [0.15, 0.2) is 72.3 Å². The predicted octanol–water partition coefficient (Wildman–Crippen LogP) is 4.63. The summed E-state index contributed by atoms with van der Waals surface area (Å²) in [6.45, 7) is 0.0750. The Balaban J connectivity index is 1.65. The Morgan fingerprint density at radius 2 is 1.71 bits per heavy atom. The minimum atomic E-state index is -0.995. The molecule has 0 bridgehead atoms. The first-order valence-electron chi connectivity index (χ1n) is 10.1. The minimum Gasteiger partial charge on any atom is -0.488 e. The molecular weight excluding hydrogens is 481 g/mol. The molecule has 3 aromatic rings. The summed E-state index contributed by atoms with van der Waals surface area (Å²) in [5.41, 5.74) is 0.400. The van der Waals surface area contributed by atoms with E-state index in [4.69, 9.17) is 16.3 Å². The second-order valence-electron chi connectivity index (χ2n) is 7.33. The summed E-state index contributed by atoms with van der Waals surface area (Å²) >= 11 is 6.10. The van der Waals surface area contributed by atoms with Crippen LogP contribution >= 0.6 is 11.6 Å². The fraction of sp³-hybridized carbons (Fsp3) is 0.0417. The van der Waals surface area contributed by atoms with E-state index in [9.17, 15) is 28.9 Å². The van der Waals surface area contributed by atoms with E-state index < -0.39 is 22.8 Å². The third-order valence-corrected chi connectivity index (χ3v) is 5.23. The van der Waals surface area contributed by atoms with E-state index in [1.54, 1.807) is 24.3 Å². The van der Waals surface area contributed by atoms with Crippen LogP contribution in [0.1, 0.15) is 11.1 Å². The number of anilines is 1. The van der Waals surface area contributed by atoms with E-state index in [-0.39, 0.29) is 40.7 Å². The van der Waals surface area contributed by atoms with Crippen molar-refractivity contribution < 1.29 is 28.4 Å². The number of ether oxygens (including phenoxy) is 1. The average molecular weight is 496 g/mol. The molecule has 0 atom stereocenters. The maximum atomic E-state index is 13.1. The molecule has 1 heterocycles. The molecular formula is C24H15ClFN3O6. The van der Waals surface area contributed by atoms with Crippen molar-refractivity contribution >= 4 is 46.9 Å². The molecule has 1 fully saturated rings.